The van der Waals surface area contributed by atoms with Crippen LogP contribution in [0.4, 0.5) is 19.0 Å². The third kappa shape index (κ3) is 3.34. The Morgan fingerprint density at radius 2 is 2.00 bits per heavy atom. The van der Waals surface area contributed by atoms with Gasteiger partial charge in [-0.3, -0.25) is 0 Å². The van der Waals surface area contributed by atoms with E-state index in [1.807, 2.05) is 11.0 Å². The minimum absolute atomic E-state index is 0.128. The van der Waals surface area contributed by atoms with Crippen LogP contribution in [0.2, 0.25) is 0 Å². The maximum absolute atomic E-state index is 13.2. The van der Waals surface area contributed by atoms with E-state index in [9.17, 15) is 13.2 Å². The van der Waals surface area contributed by atoms with Crippen molar-refractivity contribution in [2.24, 2.45) is 0 Å². The number of aromatic nitrogens is 1. The summed E-state index contributed by atoms with van der Waals surface area (Å²) < 4.78 is 45.2. The minimum Gasteiger partial charge on any atom is -0.370 e. The Labute approximate surface area is 137 Å². The summed E-state index contributed by atoms with van der Waals surface area (Å²) in [5.41, 5.74) is -0.112. The van der Waals surface area contributed by atoms with Crippen LogP contribution in [0, 0.1) is 11.3 Å². The molecule has 0 saturated carbocycles. The van der Waals surface area contributed by atoms with Gasteiger partial charge in [-0.1, -0.05) is 18.2 Å². The first-order chi connectivity index (χ1) is 11.5. The van der Waals surface area contributed by atoms with Gasteiger partial charge in [-0.2, -0.15) is 18.4 Å². The molecule has 4 nitrogen and oxygen atoms in total. The average molecular weight is 333 g/mol. The summed E-state index contributed by atoms with van der Waals surface area (Å²) >= 11 is 0. The first kappa shape index (κ1) is 16.3. The molecule has 0 amide bonds. The van der Waals surface area contributed by atoms with Gasteiger partial charge in [-0.25, -0.2) is 4.98 Å². The van der Waals surface area contributed by atoms with Gasteiger partial charge in [0.1, 0.15) is 18.0 Å². The Balaban J connectivity index is 1.85. The molecule has 0 aliphatic carbocycles. The van der Waals surface area contributed by atoms with Gasteiger partial charge < -0.3 is 9.64 Å². The summed E-state index contributed by atoms with van der Waals surface area (Å²) in [4.78, 5) is 6.06. The zero-order chi connectivity index (χ0) is 17.2. The molecule has 0 spiro atoms. The molecule has 1 aliphatic rings. The number of nitriles is 1. The van der Waals surface area contributed by atoms with Crippen LogP contribution >= 0.6 is 0 Å². The highest BCUT2D eigenvalue weighted by atomic mass is 19.4. The number of hydrogen-bond donors (Lipinski definition) is 0. The van der Waals surface area contributed by atoms with Crippen molar-refractivity contribution >= 4 is 5.82 Å². The van der Waals surface area contributed by atoms with E-state index in [2.05, 4.69) is 4.98 Å². The van der Waals surface area contributed by atoms with Crippen LogP contribution in [-0.2, 0) is 10.9 Å². The summed E-state index contributed by atoms with van der Waals surface area (Å²) in [6.45, 7) is 1.11. The predicted octanol–water partition coefficient (Wildman–Crippen LogP) is 3.55. The topological polar surface area (TPSA) is 49.2 Å². The first-order valence-corrected chi connectivity index (χ1v) is 7.38. The van der Waals surface area contributed by atoms with Crippen molar-refractivity contribution in [3.05, 3.63) is 59.3 Å². The van der Waals surface area contributed by atoms with E-state index in [4.69, 9.17) is 10.00 Å². The zero-order valence-electron chi connectivity index (χ0n) is 12.6. The molecule has 3 rings (SSSR count). The third-order valence-corrected chi connectivity index (χ3v) is 3.88. The van der Waals surface area contributed by atoms with Gasteiger partial charge in [0.25, 0.3) is 0 Å². The maximum atomic E-state index is 13.2. The number of hydrogen-bond acceptors (Lipinski definition) is 4. The number of halogens is 3. The number of ether oxygens (including phenoxy) is 1. The lowest BCUT2D eigenvalue weighted by molar-refractivity contribution is -0.139. The number of rotatable bonds is 2. The fraction of sp³-hybridized carbons (Fsp3) is 0.294. The number of anilines is 1. The number of pyridine rings is 1. The second-order valence-corrected chi connectivity index (χ2v) is 5.41. The van der Waals surface area contributed by atoms with Gasteiger partial charge in [0.2, 0.25) is 0 Å². The molecule has 124 valence electrons. The lowest BCUT2D eigenvalue weighted by Crippen LogP contribution is -2.39. The van der Waals surface area contributed by atoms with Gasteiger partial charge in [-0.15, -0.1) is 0 Å². The normalized spacial score (nSPS) is 18.2. The van der Waals surface area contributed by atoms with E-state index in [0.717, 1.165) is 6.07 Å². The van der Waals surface area contributed by atoms with Crippen LogP contribution in [0.1, 0.15) is 22.8 Å². The molecule has 0 unspecified atom stereocenters. The Hall–Kier alpha value is -2.59. The number of morpholine rings is 1. The summed E-state index contributed by atoms with van der Waals surface area (Å²) in [5.74, 6) is 0.617. The molecule has 7 heteroatoms. The minimum atomic E-state index is -4.42. The number of nitrogens with zero attached hydrogens (tertiary/aromatic N) is 3. The van der Waals surface area contributed by atoms with Gasteiger partial charge in [0.15, 0.2) is 0 Å². The highest BCUT2D eigenvalue weighted by Crippen LogP contribution is 2.36. The SMILES string of the molecule is N#Cc1ccc(N2CCO[C@@H](c3ccccc3C(F)(F)F)C2)nc1. The van der Waals surface area contributed by atoms with Crippen LogP contribution < -0.4 is 4.90 Å². The van der Waals surface area contributed by atoms with Crippen molar-refractivity contribution in [2.45, 2.75) is 12.3 Å². The largest absolute Gasteiger partial charge is 0.416 e. The van der Waals surface area contributed by atoms with Crippen molar-refractivity contribution in [3.63, 3.8) is 0 Å². The van der Waals surface area contributed by atoms with Crippen LogP contribution in [0.15, 0.2) is 42.6 Å². The van der Waals surface area contributed by atoms with Crippen LogP contribution in [0.3, 0.4) is 0 Å². The summed E-state index contributed by atoms with van der Waals surface area (Å²) in [7, 11) is 0. The lowest BCUT2D eigenvalue weighted by atomic mass is 10.0. The fourth-order valence-corrected chi connectivity index (χ4v) is 2.72. The van der Waals surface area contributed by atoms with Crippen molar-refractivity contribution in [2.75, 3.05) is 24.6 Å². The smallest absolute Gasteiger partial charge is 0.370 e. The highest BCUT2D eigenvalue weighted by Gasteiger charge is 2.36. The second-order valence-electron chi connectivity index (χ2n) is 5.41. The Bertz CT molecular complexity index is 753. The van der Waals surface area contributed by atoms with Crippen LogP contribution in [0.5, 0.6) is 0 Å². The summed E-state index contributed by atoms with van der Waals surface area (Å²) in [5, 5.41) is 8.81. The summed E-state index contributed by atoms with van der Waals surface area (Å²) in [6, 6.07) is 10.8. The second kappa shape index (κ2) is 6.49. The van der Waals surface area contributed by atoms with E-state index in [0.29, 0.717) is 24.5 Å². The van der Waals surface area contributed by atoms with E-state index in [1.165, 1.54) is 18.3 Å². The monoisotopic (exact) mass is 333 g/mol. The van der Waals surface area contributed by atoms with Gasteiger partial charge in [0, 0.05) is 19.3 Å². The molecule has 1 aliphatic heterocycles. The number of alkyl halides is 3. The molecule has 1 aromatic carbocycles. The Kier molecular flexibility index (Phi) is 4.40. The van der Waals surface area contributed by atoms with Crippen LogP contribution in [-0.4, -0.2) is 24.7 Å². The molecule has 0 radical (unpaired) electrons. The quantitative estimate of drug-likeness (QED) is 0.843. The molecule has 0 N–H and O–H groups in total. The molecule has 24 heavy (non-hydrogen) atoms. The van der Waals surface area contributed by atoms with Crippen molar-refractivity contribution in [1.29, 1.82) is 5.26 Å². The molecule has 2 heterocycles. The molecule has 0 bridgehead atoms. The lowest BCUT2D eigenvalue weighted by Gasteiger charge is -2.34. The fourth-order valence-electron chi connectivity index (χ4n) is 2.72. The standard InChI is InChI=1S/C17H14F3N3O/c18-17(19,20)14-4-2-1-3-13(14)15-11-23(7-8-24-15)16-6-5-12(9-21)10-22-16/h1-6,10,15H,7-8,11H2/t15-/m1/s1. The molecular formula is C17H14F3N3O. The van der Waals surface area contributed by atoms with E-state index in [-0.39, 0.29) is 12.1 Å². The van der Waals surface area contributed by atoms with Gasteiger partial charge in [-0.05, 0) is 23.8 Å². The van der Waals surface area contributed by atoms with Crippen molar-refractivity contribution in [1.82, 2.24) is 4.98 Å². The first-order valence-electron chi connectivity index (χ1n) is 7.38. The van der Waals surface area contributed by atoms with Gasteiger partial charge >= 0.3 is 6.18 Å². The van der Waals surface area contributed by atoms with Crippen LogP contribution in [0.25, 0.3) is 0 Å². The maximum Gasteiger partial charge on any atom is 0.416 e. The third-order valence-electron chi connectivity index (χ3n) is 3.88. The Morgan fingerprint density at radius 3 is 2.67 bits per heavy atom. The molecule has 1 saturated heterocycles. The van der Waals surface area contributed by atoms with E-state index < -0.39 is 17.8 Å². The molecule has 2 aromatic rings. The predicted molar refractivity (Wildman–Crippen MR) is 81.3 cm³/mol. The van der Waals surface area contributed by atoms with E-state index >= 15 is 0 Å². The summed E-state index contributed by atoms with van der Waals surface area (Å²) in [6.07, 6.45) is -3.66. The molecule has 1 atom stereocenters. The molecule has 1 fully saturated rings. The molecule has 1 aromatic heterocycles. The van der Waals surface area contributed by atoms with Crippen molar-refractivity contribution in [3.8, 4) is 6.07 Å². The zero-order valence-corrected chi connectivity index (χ0v) is 12.6. The number of benzene rings is 1. The highest BCUT2D eigenvalue weighted by molar-refractivity contribution is 5.43. The average Bonchev–Trinajstić information content (AvgIpc) is 2.61. The Morgan fingerprint density at radius 1 is 1.21 bits per heavy atom. The van der Waals surface area contributed by atoms with Gasteiger partial charge in [0.05, 0.1) is 17.7 Å². The van der Waals surface area contributed by atoms with Crippen molar-refractivity contribution < 1.29 is 17.9 Å². The van der Waals surface area contributed by atoms with E-state index in [1.54, 1.807) is 18.2 Å². The molecular weight excluding hydrogens is 319 g/mol.